The minimum Gasteiger partial charge on any atom is -0.504 e. The highest BCUT2D eigenvalue weighted by atomic mass is 79.9. The van der Waals surface area contributed by atoms with Crippen LogP contribution in [0.15, 0.2) is 39.6 Å². The average Bonchev–Trinajstić information content (AvgIpc) is 2.59. The fourth-order valence-electron chi connectivity index (χ4n) is 4.27. The van der Waals surface area contributed by atoms with Gasteiger partial charge in [-0.3, -0.25) is 9.69 Å². The molecule has 132 valence electrons. The summed E-state index contributed by atoms with van der Waals surface area (Å²) in [5, 5.41) is 10.4. The molecule has 1 fully saturated rings. The fourth-order valence-corrected chi connectivity index (χ4v) is 4.75. The van der Waals surface area contributed by atoms with Gasteiger partial charge in [0.1, 0.15) is 0 Å². The second-order valence-electron chi connectivity index (χ2n) is 7.01. The van der Waals surface area contributed by atoms with Gasteiger partial charge in [0, 0.05) is 53.9 Å². The van der Waals surface area contributed by atoms with Crippen molar-refractivity contribution >= 4 is 15.9 Å². The highest BCUT2D eigenvalue weighted by molar-refractivity contribution is 9.10. The second kappa shape index (κ2) is 6.50. The van der Waals surface area contributed by atoms with Crippen molar-refractivity contribution in [1.29, 1.82) is 0 Å². The third-order valence-electron chi connectivity index (χ3n) is 5.29. The van der Waals surface area contributed by atoms with Crippen molar-refractivity contribution in [2.75, 3.05) is 20.2 Å². The van der Waals surface area contributed by atoms with E-state index in [1.807, 2.05) is 16.7 Å². The van der Waals surface area contributed by atoms with E-state index in [9.17, 15) is 9.90 Å². The van der Waals surface area contributed by atoms with Crippen LogP contribution in [-0.2, 0) is 13.1 Å². The van der Waals surface area contributed by atoms with Crippen LogP contribution < -0.4 is 10.3 Å². The van der Waals surface area contributed by atoms with Crippen LogP contribution in [0.1, 0.15) is 23.6 Å². The Morgan fingerprint density at radius 2 is 2.12 bits per heavy atom. The number of hydrogen-bond donors (Lipinski definition) is 1. The van der Waals surface area contributed by atoms with Gasteiger partial charge in [-0.05, 0) is 30.5 Å². The number of piperidine rings is 1. The first-order chi connectivity index (χ1) is 12.0. The van der Waals surface area contributed by atoms with E-state index in [2.05, 4.69) is 26.9 Å². The lowest BCUT2D eigenvalue weighted by Crippen LogP contribution is -2.46. The molecule has 0 saturated carbocycles. The summed E-state index contributed by atoms with van der Waals surface area (Å²) in [6, 6.07) is 9.30. The van der Waals surface area contributed by atoms with Crippen molar-refractivity contribution in [3.05, 3.63) is 56.4 Å². The van der Waals surface area contributed by atoms with Crippen LogP contribution >= 0.6 is 15.9 Å². The number of ether oxygens (including phenoxy) is 1. The average molecular weight is 405 g/mol. The van der Waals surface area contributed by atoms with Crippen LogP contribution in [0.4, 0.5) is 0 Å². The van der Waals surface area contributed by atoms with Crippen LogP contribution in [0.2, 0.25) is 0 Å². The van der Waals surface area contributed by atoms with E-state index in [0.29, 0.717) is 24.1 Å². The SMILES string of the molecule is COc1cc(Br)cc(CN2C[C@H]3C[C@@H](C2)c2cccc(=O)n2C3)c1O. The minimum atomic E-state index is 0.107. The van der Waals surface area contributed by atoms with Crippen molar-refractivity contribution in [3.8, 4) is 11.5 Å². The van der Waals surface area contributed by atoms with Gasteiger partial charge in [0.2, 0.25) is 0 Å². The number of methoxy groups -OCH3 is 1. The molecular weight excluding hydrogens is 384 g/mol. The van der Waals surface area contributed by atoms with Gasteiger partial charge >= 0.3 is 0 Å². The summed E-state index contributed by atoms with van der Waals surface area (Å²) in [5.41, 5.74) is 2.11. The first-order valence-electron chi connectivity index (χ1n) is 8.52. The predicted molar refractivity (Wildman–Crippen MR) is 99.2 cm³/mol. The lowest BCUT2D eigenvalue weighted by Gasteiger charge is -2.42. The fraction of sp³-hybridized carbons (Fsp3) is 0.421. The molecule has 1 aromatic carbocycles. The molecule has 2 aromatic rings. The number of likely N-dealkylation sites (tertiary alicyclic amines) is 1. The Bertz CT molecular complexity index is 864. The van der Waals surface area contributed by atoms with Gasteiger partial charge in [-0.15, -0.1) is 0 Å². The number of hydrogen-bond acceptors (Lipinski definition) is 4. The molecule has 2 atom stereocenters. The topological polar surface area (TPSA) is 54.7 Å². The van der Waals surface area contributed by atoms with Crippen LogP contribution in [0.3, 0.4) is 0 Å². The molecule has 1 aromatic heterocycles. The van der Waals surface area contributed by atoms with Crippen molar-refractivity contribution in [1.82, 2.24) is 9.47 Å². The number of fused-ring (bicyclic) bond motifs is 4. The van der Waals surface area contributed by atoms with Gasteiger partial charge in [-0.1, -0.05) is 22.0 Å². The van der Waals surface area contributed by atoms with Crippen LogP contribution in [-0.4, -0.2) is 34.8 Å². The summed E-state index contributed by atoms with van der Waals surface area (Å²) in [7, 11) is 1.56. The third kappa shape index (κ3) is 3.09. The monoisotopic (exact) mass is 404 g/mol. The van der Waals surface area contributed by atoms with E-state index in [1.54, 1.807) is 19.2 Å². The van der Waals surface area contributed by atoms with Crippen molar-refractivity contribution in [2.45, 2.75) is 25.4 Å². The van der Waals surface area contributed by atoms with Crippen LogP contribution in [0, 0.1) is 5.92 Å². The Morgan fingerprint density at radius 3 is 2.92 bits per heavy atom. The number of rotatable bonds is 3. The van der Waals surface area contributed by atoms with Crippen molar-refractivity contribution in [2.24, 2.45) is 5.92 Å². The molecule has 0 radical (unpaired) electrons. The summed E-state index contributed by atoms with van der Waals surface area (Å²) in [6.07, 6.45) is 1.13. The standard InChI is InChI=1S/C19H21BrN2O3/c1-25-17-7-15(20)6-14(19(17)24)11-21-8-12-5-13(10-21)16-3-2-4-18(23)22(16)9-12/h2-4,6-7,12-13,24H,5,8-11H2,1H3/t12-,13+/m1/s1. The number of pyridine rings is 1. The molecule has 0 aliphatic carbocycles. The molecule has 2 bridgehead atoms. The molecule has 1 N–H and O–H groups in total. The van der Waals surface area contributed by atoms with Crippen LogP contribution in [0.5, 0.6) is 11.5 Å². The third-order valence-corrected chi connectivity index (χ3v) is 5.75. The first kappa shape index (κ1) is 16.7. The molecule has 1 saturated heterocycles. The summed E-state index contributed by atoms with van der Waals surface area (Å²) in [5.74, 6) is 1.54. The second-order valence-corrected chi connectivity index (χ2v) is 7.92. The molecule has 6 heteroatoms. The van der Waals surface area contributed by atoms with Crippen LogP contribution in [0.25, 0.3) is 0 Å². The molecular formula is C19H21BrN2O3. The molecule has 2 aliphatic heterocycles. The van der Waals surface area contributed by atoms with Gasteiger partial charge in [-0.25, -0.2) is 0 Å². The number of aromatic hydroxyl groups is 1. The number of phenolic OH excluding ortho intramolecular Hbond substituents is 1. The number of phenols is 1. The zero-order valence-corrected chi connectivity index (χ0v) is 15.7. The zero-order chi connectivity index (χ0) is 17.6. The maximum absolute atomic E-state index is 12.1. The zero-order valence-electron chi connectivity index (χ0n) is 14.1. The lowest BCUT2D eigenvalue weighted by atomic mass is 9.83. The molecule has 0 spiro atoms. The van der Waals surface area contributed by atoms with Gasteiger partial charge in [0.05, 0.1) is 7.11 Å². The molecule has 4 rings (SSSR count). The maximum atomic E-state index is 12.1. The molecule has 3 heterocycles. The van der Waals surface area contributed by atoms with E-state index in [-0.39, 0.29) is 11.3 Å². The Kier molecular flexibility index (Phi) is 4.33. The molecule has 0 unspecified atom stereocenters. The molecule has 0 amide bonds. The molecule has 5 nitrogen and oxygen atoms in total. The highest BCUT2D eigenvalue weighted by Crippen LogP contribution is 2.38. The van der Waals surface area contributed by atoms with Gasteiger partial charge in [-0.2, -0.15) is 0 Å². The number of halogens is 1. The number of aromatic nitrogens is 1. The van der Waals surface area contributed by atoms with Crippen molar-refractivity contribution in [3.63, 3.8) is 0 Å². The van der Waals surface area contributed by atoms with E-state index >= 15 is 0 Å². The normalized spacial score (nSPS) is 22.5. The van der Waals surface area contributed by atoms with E-state index < -0.39 is 0 Å². The van der Waals surface area contributed by atoms with Gasteiger partial charge in [0.25, 0.3) is 5.56 Å². The quantitative estimate of drug-likeness (QED) is 0.854. The Morgan fingerprint density at radius 1 is 1.28 bits per heavy atom. The van der Waals surface area contributed by atoms with Gasteiger partial charge < -0.3 is 14.4 Å². The predicted octanol–water partition coefficient (Wildman–Crippen LogP) is 2.94. The van der Waals surface area contributed by atoms with Crippen molar-refractivity contribution < 1.29 is 9.84 Å². The van der Waals surface area contributed by atoms with E-state index in [0.717, 1.165) is 41.8 Å². The van der Waals surface area contributed by atoms with E-state index in [1.165, 1.54) is 0 Å². The van der Waals surface area contributed by atoms with Gasteiger partial charge in [0.15, 0.2) is 11.5 Å². The molecule has 2 aliphatic rings. The smallest absolute Gasteiger partial charge is 0.250 e. The number of nitrogens with zero attached hydrogens (tertiary/aromatic N) is 2. The Balaban J connectivity index is 1.59. The Hall–Kier alpha value is -1.79. The lowest BCUT2D eigenvalue weighted by molar-refractivity contribution is 0.113. The Labute approximate surface area is 155 Å². The first-order valence-corrected chi connectivity index (χ1v) is 9.32. The number of benzene rings is 1. The maximum Gasteiger partial charge on any atom is 0.250 e. The highest BCUT2D eigenvalue weighted by Gasteiger charge is 2.34. The minimum absolute atomic E-state index is 0.107. The summed E-state index contributed by atoms with van der Waals surface area (Å²) >= 11 is 3.48. The molecule has 25 heavy (non-hydrogen) atoms. The van der Waals surface area contributed by atoms with E-state index in [4.69, 9.17) is 4.74 Å². The summed E-state index contributed by atoms with van der Waals surface area (Å²) < 4.78 is 8.09. The summed E-state index contributed by atoms with van der Waals surface area (Å²) in [6.45, 7) is 3.29. The largest absolute Gasteiger partial charge is 0.504 e. The summed E-state index contributed by atoms with van der Waals surface area (Å²) in [4.78, 5) is 14.5.